The first-order valence-electron chi connectivity index (χ1n) is 16.5. The molecule has 216 valence electrons. The highest BCUT2D eigenvalue weighted by Gasteiger charge is 2.72. The van der Waals surface area contributed by atoms with Gasteiger partial charge in [0, 0.05) is 0 Å². The van der Waals surface area contributed by atoms with Crippen LogP contribution < -0.4 is 0 Å². The first-order valence-corrected chi connectivity index (χ1v) is 16.5. The summed E-state index contributed by atoms with van der Waals surface area (Å²) >= 11 is 0. The highest BCUT2D eigenvalue weighted by atomic mass is 16.4. The van der Waals surface area contributed by atoms with Crippen LogP contribution in [0.3, 0.4) is 0 Å². The second kappa shape index (κ2) is 8.84. The molecule has 39 heavy (non-hydrogen) atoms. The smallest absolute Gasteiger partial charge is 0.309 e. The molecule has 0 aliphatic heterocycles. The van der Waals surface area contributed by atoms with Gasteiger partial charge in [0.15, 0.2) is 0 Å². The third-order valence-electron chi connectivity index (χ3n) is 15.3. The molecule has 0 saturated heterocycles. The molecule has 5 aliphatic carbocycles. The van der Waals surface area contributed by atoms with Crippen molar-refractivity contribution in [3.05, 3.63) is 35.4 Å². The average Bonchev–Trinajstić information content (AvgIpc) is 3.27. The lowest BCUT2D eigenvalue weighted by Gasteiger charge is -2.73. The van der Waals surface area contributed by atoms with Crippen molar-refractivity contribution < 1.29 is 9.90 Å². The standard InChI is InChI=1S/C37H56O2/c1-23(2)26-15-20-37(32(38)39)22-21-35(7)28(31(26)37)13-14-30-34(6)18-16-27(25-11-9-24(3)10-12-25)33(4,5)29(34)17-19-36(30,35)8/h9-12,23,26-31H,13-22H2,1-8H3,(H,38,39)/t26-,27?,28+,29-,30+,31+,34-,35+,36+,37-/m0/s1. The number of rotatable bonds is 3. The zero-order valence-corrected chi connectivity index (χ0v) is 26.3. The van der Waals surface area contributed by atoms with Gasteiger partial charge in [0.1, 0.15) is 0 Å². The Kier molecular flexibility index (Phi) is 6.31. The maximum Gasteiger partial charge on any atom is 0.309 e. The van der Waals surface area contributed by atoms with E-state index in [1.165, 1.54) is 44.1 Å². The van der Waals surface area contributed by atoms with Crippen LogP contribution in [0.1, 0.15) is 130 Å². The summed E-state index contributed by atoms with van der Waals surface area (Å²) in [7, 11) is 0. The minimum Gasteiger partial charge on any atom is -0.481 e. The van der Waals surface area contributed by atoms with Crippen LogP contribution in [0, 0.1) is 69.5 Å². The van der Waals surface area contributed by atoms with Crippen LogP contribution in [0.4, 0.5) is 0 Å². The number of carboxylic acids is 1. The van der Waals surface area contributed by atoms with Crippen LogP contribution in [0.5, 0.6) is 0 Å². The first kappa shape index (κ1) is 27.8. The summed E-state index contributed by atoms with van der Waals surface area (Å²) in [6.45, 7) is 20.2. The number of hydrogen-bond acceptors (Lipinski definition) is 1. The molecule has 0 radical (unpaired) electrons. The Hall–Kier alpha value is -1.31. The van der Waals surface area contributed by atoms with Gasteiger partial charge in [-0.05, 0) is 140 Å². The molecule has 1 unspecified atom stereocenters. The van der Waals surface area contributed by atoms with Crippen LogP contribution in [-0.2, 0) is 4.79 Å². The van der Waals surface area contributed by atoms with Crippen molar-refractivity contribution in [2.45, 2.75) is 126 Å². The van der Waals surface area contributed by atoms with E-state index in [0.29, 0.717) is 45.8 Å². The van der Waals surface area contributed by atoms with Crippen molar-refractivity contribution in [1.29, 1.82) is 0 Å². The Bertz CT molecular complexity index is 1120. The molecule has 5 saturated carbocycles. The average molecular weight is 533 g/mol. The maximum absolute atomic E-state index is 12.9. The quantitative estimate of drug-likeness (QED) is 0.420. The number of hydrogen-bond donors (Lipinski definition) is 1. The monoisotopic (exact) mass is 532 g/mol. The molecule has 1 aromatic rings. The third kappa shape index (κ3) is 3.54. The minimum absolute atomic E-state index is 0.253. The summed E-state index contributed by atoms with van der Waals surface area (Å²) in [5.74, 6) is 3.75. The molecule has 0 heterocycles. The van der Waals surface area contributed by atoms with Gasteiger partial charge in [-0.15, -0.1) is 0 Å². The molecule has 0 amide bonds. The van der Waals surface area contributed by atoms with Crippen molar-refractivity contribution in [2.24, 2.45) is 62.6 Å². The molecular formula is C37H56O2. The van der Waals surface area contributed by atoms with Gasteiger partial charge in [0.25, 0.3) is 0 Å². The minimum atomic E-state index is -0.475. The number of carboxylic acid groups (broad SMARTS) is 1. The highest BCUT2D eigenvalue weighted by molar-refractivity contribution is 5.76. The molecule has 6 rings (SSSR count). The topological polar surface area (TPSA) is 37.3 Å². The molecule has 0 aromatic heterocycles. The van der Waals surface area contributed by atoms with Gasteiger partial charge in [-0.25, -0.2) is 0 Å². The largest absolute Gasteiger partial charge is 0.481 e. The molecular weight excluding hydrogens is 476 g/mol. The van der Waals surface area contributed by atoms with Crippen LogP contribution in [-0.4, -0.2) is 11.1 Å². The van der Waals surface area contributed by atoms with Crippen LogP contribution in [0.25, 0.3) is 0 Å². The van der Waals surface area contributed by atoms with Crippen molar-refractivity contribution in [1.82, 2.24) is 0 Å². The van der Waals surface area contributed by atoms with Crippen LogP contribution in [0.2, 0.25) is 0 Å². The Balaban J connectivity index is 1.35. The van der Waals surface area contributed by atoms with E-state index in [0.717, 1.165) is 37.5 Å². The predicted molar refractivity (Wildman–Crippen MR) is 161 cm³/mol. The van der Waals surface area contributed by atoms with E-state index in [4.69, 9.17) is 0 Å². The van der Waals surface area contributed by atoms with Crippen molar-refractivity contribution in [2.75, 3.05) is 0 Å². The second-order valence-corrected chi connectivity index (χ2v) is 16.9. The van der Waals surface area contributed by atoms with E-state index < -0.39 is 11.4 Å². The second-order valence-electron chi connectivity index (χ2n) is 16.9. The molecule has 0 bridgehead atoms. The van der Waals surface area contributed by atoms with Gasteiger partial charge in [-0.1, -0.05) is 78.3 Å². The fourth-order valence-electron chi connectivity index (χ4n) is 13.2. The Morgan fingerprint density at radius 1 is 0.795 bits per heavy atom. The van der Waals surface area contributed by atoms with E-state index in [1.54, 1.807) is 5.56 Å². The zero-order chi connectivity index (χ0) is 28.2. The Labute approximate surface area is 239 Å². The van der Waals surface area contributed by atoms with E-state index in [-0.39, 0.29) is 5.41 Å². The summed E-state index contributed by atoms with van der Waals surface area (Å²) in [4.78, 5) is 12.9. The molecule has 0 spiro atoms. The van der Waals surface area contributed by atoms with Gasteiger partial charge in [0.05, 0.1) is 5.41 Å². The molecule has 2 heteroatoms. The fourth-order valence-corrected chi connectivity index (χ4v) is 13.2. The highest BCUT2D eigenvalue weighted by Crippen LogP contribution is 2.78. The zero-order valence-electron chi connectivity index (χ0n) is 26.3. The van der Waals surface area contributed by atoms with E-state index in [2.05, 4.69) is 79.7 Å². The summed E-state index contributed by atoms with van der Waals surface area (Å²) in [5, 5.41) is 10.7. The summed E-state index contributed by atoms with van der Waals surface area (Å²) in [6, 6.07) is 9.44. The predicted octanol–water partition coefficient (Wildman–Crippen LogP) is 9.90. The van der Waals surface area contributed by atoms with Crippen molar-refractivity contribution in [3.8, 4) is 0 Å². The van der Waals surface area contributed by atoms with Crippen molar-refractivity contribution >= 4 is 5.97 Å². The summed E-state index contributed by atoms with van der Waals surface area (Å²) in [5.41, 5.74) is 3.68. The van der Waals surface area contributed by atoms with Gasteiger partial charge in [0.2, 0.25) is 0 Å². The van der Waals surface area contributed by atoms with Crippen LogP contribution in [0.15, 0.2) is 24.3 Å². The molecule has 10 atom stereocenters. The van der Waals surface area contributed by atoms with Gasteiger partial charge < -0.3 is 5.11 Å². The normalized spacial score (nSPS) is 48.5. The van der Waals surface area contributed by atoms with E-state index in [1.807, 2.05) is 0 Å². The van der Waals surface area contributed by atoms with Gasteiger partial charge in [-0.2, -0.15) is 0 Å². The van der Waals surface area contributed by atoms with Gasteiger partial charge in [-0.3, -0.25) is 4.79 Å². The molecule has 1 N–H and O–H groups in total. The number of benzene rings is 1. The summed E-state index contributed by atoms with van der Waals surface area (Å²) in [6.07, 6.45) is 11.9. The summed E-state index contributed by atoms with van der Waals surface area (Å²) < 4.78 is 0. The molecule has 1 aromatic carbocycles. The van der Waals surface area contributed by atoms with Gasteiger partial charge >= 0.3 is 5.97 Å². The lowest BCUT2D eigenvalue weighted by molar-refractivity contribution is -0.241. The van der Waals surface area contributed by atoms with E-state index in [9.17, 15) is 9.90 Å². The third-order valence-corrected chi connectivity index (χ3v) is 15.3. The Morgan fingerprint density at radius 2 is 1.49 bits per heavy atom. The molecule has 5 aliphatic rings. The lowest BCUT2D eigenvalue weighted by atomic mass is 9.31. The van der Waals surface area contributed by atoms with Crippen LogP contribution >= 0.6 is 0 Å². The number of carbonyl (C=O) groups is 1. The molecule has 5 fully saturated rings. The number of aliphatic carboxylic acids is 1. The van der Waals surface area contributed by atoms with Crippen molar-refractivity contribution in [3.63, 3.8) is 0 Å². The molecule has 2 nitrogen and oxygen atoms in total. The van der Waals surface area contributed by atoms with E-state index >= 15 is 0 Å². The first-order chi connectivity index (χ1) is 18.2. The maximum atomic E-state index is 12.9. The SMILES string of the molecule is Cc1ccc(C2CC[C@]3(C)[C@H]4CC[C@@H]5[C@H]6[C@H](C(C)C)CC[C@]6(C(=O)O)CC[C@@]5(C)[C@]4(C)CC[C@H]3C2(C)C)cc1. The fraction of sp³-hybridized carbons (Fsp3) is 0.811. The lowest BCUT2D eigenvalue weighted by Crippen LogP contribution is -2.66. The Morgan fingerprint density at radius 3 is 2.13 bits per heavy atom. The number of aryl methyl sites for hydroxylation is 1. The number of fused-ring (bicyclic) bond motifs is 7.